The Kier molecular flexibility index (Phi) is 5.07. The standard InChI is InChI=1S/C24H28O3/c1-2-3-4-11-16-21(25)23-17-18-26-22(23)27-24(23,19-12-7-5-8-13-19)20-14-9-6-10-15-20/h5-10,12-15,17-18,21-22,25H,2-4,11,16H2,1H3. The fourth-order valence-electron chi connectivity index (χ4n) is 4.68. The van der Waals surface area contributed by atoms with E-state index in [-0.39, 0.29) is 0 Å². The van der Waals surface area contributed by atoms with E-state index >= 15 is 0 Å². The first kappa shape index (κ1) is 18.3. The lowest BCUT2D eigenvalue weighted by Gasteiger charge is -2.61. The van der Waals surface area contributed by atoms with Gasteiger partial charge in [0.25, 0.3) is 0 Å². The van der Waals surface area contributed by atoms with E-state index in [1.165, 1.54) is 12.8 Å². The number of ether oxygens (including phenoxy) is 2. The van der Waals surface area contributed by atoms with Crippen molar-refractivity contribution in [1.29, 1.82) is 0 Å². The molecule has 1 saturated heterocycles. The molecular formula is C24H28O3. The van der Waals surface area contributed by atoms with Crippen molar-refractivity contribution in [3.63, 3.8) is 0 Å². The largest absolute Gasteiger partial charge is 0.472 e. The Morgan fingerprint density at radius 2 is 1.56 bits per heavy atom. The number of fused-ring (bicyclic) bond motifs is 1. The molecule has 1 N–H and O–H groups in total. The summed E-state index contributed by atoms with van der Waals surface area (Å²) in [5.41, 5.74) is 0.754. The van der Waals surface area contributed by atoms with Gasteiger partial charge in [0.2, 0.25) is 6.29 Å². The number of hydrogen-bond donors (Lipinski definition) is 1. The summed E-state index contributed by atoms with van der Waals surface area (Å²) < 4.78 is 12.2. The van der Waals surface area contributed by atoms with Gasteiger partial charge in [-0.2, -0.15) is 0 Å². The van der Waals surface area contributed by atoms with Crippen LogP contribution in [0.1, 0.15) is 50.2 Å². The lowest BCUT2D eigenvalue weighted by Crippen LogP contribution is -2.70. The molecule has 0 bridgehead atoms. The maximum Gasteiger partial charge on any atom is 0.215 e. The zero-order valence-corrected chi connectivity index (χ0v) is 15.9. The first-order chi connectivity index (χ1) is 13.3. The average molecular weight is 364 g/mol. The van der Waals surface area contributed by atoms with Crippen molar-refractivity contribution in [2.45, 2.75) is 57.0 Å². The molecular weight excluding hydrogens is 336 g/mol. The van der Waals surface area contributed by atoms with Crippen LogP contribution >= 0.6 is 0 Å². The molecule has 2 heterocycles. The number of aliphatic hydroxyl groups excluding tert-OH is 1. The van der Waals surface area contributed by atoms with Crippen LogP contribution in [0.25, 0.3) is 0 Å². The number of aliphatic hydroxyl groups is 1. The van der Waals surface area contributed by atoms with E-state index in [0.29, 0.717) is 0 Å². The third-order valence-corrected chi connectivity index (χ3v) is 6.07. The number of hydrogen-bond acceptors (Lipinski definition) is 3. The highest BCUT2D eigenvalue weighted by Crippen LogP contribution is 2.65. The van der Waals surface area contributed by atoms with Crippen molar-refractivity contribution in [2.75, 3.05) is 0 Å². The van der Waals surface area contributed by atoms with Crippen molar-refractivity contribution >= 4 is 0 Å². The van der Waals surface area contributed by atoms with Gasteiger partial charge in [-0.05, 0) is 23.6 Å². The second-order valence-corrected chi connectivity index (χ2v) is 7.60. The Morgan fingerprint density at radius 3 is 2.11 bits per heavy atom. The fourth-order valence-corrected chi connectivity index (χ4v) is 4.68. The summed E-state index contributed by atoms with van der Waals surface area (Å²) in [4.78, 5) is 0. The zero-order chi connectivity index (χ0) is 18.7. The number of rotatable bonds is 8. The zero-order valence-electron chi connectivity index (χ0n) is 15.9. The predicted octanol–water partition coefficient (Wildman–Crippen LogP) is 5.15. The van der Waals surface area contributed by atoms with E-state index < -0.39 is 23.4 Å². The van der Waals surface area contributed by atoms with Gasteiger partial charge >= 0.3 is 0 Å². The second-order valence-electron chi connectivity index (χ2n) is 7.60. The minimum Gasteiger partial charge on any atom is -0.472 e. The summed E-state index contributed by atoms with van der Waals surface area (Å²) in [6.07, 6.45) is 8.04. The third kappa shape index (κ3) is 2.72. The molecule has 1 fully saturated rings. The van der Waals surface area contributed by atoms with Crippen LogP contribution in [-0.4, -0.2) is 17.5 Å². The third-order valence-electron chi connectivity index (χ3n) is 6.07. The van der Waals surface area contributed by atoms with Gasteiger partial charge in [-0.25, -0.2) is 0 Å². The monoisotopic (exact) mass is 364 g/mol. The molecule has 3 nitrogen and oxygen atoms in total. The van der Waals surface area contributed by atoms with Gasteiger partial charge in [0.1, 0.15) is 11.0 Å². The molecule has 2 aliphatic heterocycles. The molecule has 3 atom stereocenters. The van der Waals surface area contributed by atoms with Crippen molar-refractivity contribution in [1.82, 2.24) is 0 Å². The molecule has 2 aromatic carbocycles. The highest BCUT2D eigenvalue weighted by atomic mass is 16.7. The lowest BCUT2D eigenvalue weighted by atomic mass is 9.57. The van der Waals surface area contributed by atoms with Crippen LogP contribution in [0.15, 0.2) is 73.0 Å². The molecule has 27 heavy (non-hydrogen) atoms. The van der Waals surface area contributed by atoms with Crippen LogP contribution < -0.4 is 0 Å². The Labute approximate surface area is 161 Å². The Bertz CT molecular complexity index is 731. The molecule has 4 rings (SSSR count). The highest BCUT2D eigenvalue weighted by Gasteiger charge is 2.73. The van der Waals surface area contributed by atoms with E-state index in [1.54, 1.807) is 6.26 Å². The Morgan fingerprint density at radius 1 is 0.926 bits per heavy atom. The normalized spacial score (nSPS) is 26.1. The molecule has 0 amide bonds. The predicted molar refractivity (Wildman–Crippen MR) is 106 cm³/mol. The van der Waals surface area contributed by atoms with Crippen molar-refractivity contribution in [3.8, 4) is 0 Å². The molecule has 3 heteroatoms. The first-order valence-electron chi connectivity index (χ1n) is 10.1. The molecule has 0 saturated carbocycles. The van der Waals surface area contributed by atoms with Crippen molar-refractivity contribution in [2.24, 2.45) is 5.41 Å². The van der Waals surface area contributed by atoms with Crippen molar-refractivity contribution in [3.05, 3.63) is 84.1 Å². The maximum atomic E-state index is 11.4. The van der Waals surface area contributed by atoms with E-state index in [1.807, 2.05) is 42.5 Å². The van der Waals surface area contributed by atoms with Crippen LogP contribution in [-0.2, 0) is 15.1 Å². The molecule has 2 aromatic rings. The summed E-state index contributed by atoms with van der Waals surface area (Å²) in [6, 6.07) is 20.5. The smallest absolute Gasteiger partial charge is 0.215 e. The molecule has 3 unspecified atom stereocenters. The number of unbranched alkanes of at least 4 members (excludes halogenated alkanes) is 3. The molecule has 2 aliphatic rings. The molecule has 142 valence electrons. The maximum absolute atomic E-state index is 11.4. The van der Waals surface area contributed by atoms with Gasteiger partial charge < -0.3 is 14.6 Å². The molecule has 0 radical (unpaired) electrons. The average Bonchev–Trinajstić information content (AvgIpc) is 3.05. The van der Waals surface area contributed by atoms with E-state index in [2.05, 4.69) is 31.2 Å². The second kappa shape index (κ2) is 7.49. The SMILES string of the molecule is CCCCCCC(O)C12C=COC1OC2(c1ccccc1)c1ccccc1. The quantitative estimate of drug-likeness (QED) is 0.659. The lowest BCUT2D eigenvalue weighted by molar-refractivity contribution is -0.375. The van der Waals surface area contributed by atoms with Crippen molar-refractivity contribution < 1.29 is 14.6 Å². The summed E-state index contributed by atoms with van der Waals surface area (Å²) in [5.74, 6) is 0. The van der Waals surface area contributed by atoms with Crippen LogP contribution in [0.5, 0.6) is 0 Å². The van der Waals surface area contributed by atoms with Gasteiger partial charge in [-0.1, -0.05) is 93.3 Å². The minimum absolute atomic E-state index is 0.445. The summed E-state index contributed by atoms with van der Waals surface area (Å²) in [6.45, 7) is 2.20. The van der Waals surface area contributed by atoms with E-state index in [9.17, 15) is 5.11 Å². The summed E-state index contributed by atoms with van der Waals surface area (Å²) in [7, 11) is 0. The van der Waals surface area contributed by atoms with Crippen LogP contribution in [0.4, 0.5) is 0 Å². The Balaban J connectivity index is 1.76. The van der Waals surface area contributed by atoms with Gasteiger partial charge in [0.15, 0.2) is 0 Å². The highest BCUT2D eigenvalue weighted by molar-refractivity contribution is 5.46. The van der Waals surface area contributed by atoms with Gasteiger partial charge in [-0.3, -0.25) is 0 Å². The summed E-state index contributed by atoms with van der Waals surface area (Å²) >= 11 is 0. The van der Waals surface area contributed by atoms with Crippen LogP contribution in [0, 0.1) is 5.41 Å². The topological polar surface area (TPSA) is 38.7 Å². The Hall–Kier alpha value is -2.10. The van der Waals surface area contributed by atoms with E-state index in [4.69, 9.17) is 9.47 Å². The van der Waals surface area contributed by atoms with Gasteiger partial charge in [-0.15, -0.1) is 0 Å². The van der Waals surface area contributed by atoms with Crippen LogP contribution in [0.3, 0.4) is 0 Å². The van der Waals surface area contributed by atoms with Gasteiger partial charge in [0, 0.05) is 0 Å². The minimum atomic E-state index is -0.739. The molecule has 0 aromatic heterocycles. The van der Waals surface area contributed by atoms with Gasteiger partial charge in [0.05, 0.1) is 12.4 Å². The van der Waals surface area contributed by atoms with Crippen LogP contribution in [0.2, 0.25) is 0 Å². The molecule has 0 spiro atoms. The van der Waals surface area contributed by atoms with E-state index in [0.717, 1.165) is 30.4 Å². The first-order valence-corrected chi connectivity index (χ1v) is 10.1. The number of benzene rings is 2. The molecule has 0 aliphatic carbocycles. The summed E-state index contributed by atoms with van der Waals surface area (Å²) in [5, 5.41) is 11.4. The fraction of sp³-hybridized carbons (Fsp3) is 0.417.